The number of aliphatic hydroxyl groups is 1. The van der Waals surface area contributed by atoms with Crippen LogP contribution >= 0.6 is 0 Å². The fraction of sp³-hybridized carbons (Fsp3) is 0.462. The summed E-state index contributed by atoms with van der Waals surface area (Å²) in [5, 5.41) is 11.9. The number of rotatable bonds is 3. The number of nitrogens with one attached hydrogen (secondary N) is 1. The molecule has 0 aliphatic carbocycles. The number of aliphatic hydroxyl groups excluding tert-OH is 1. The van der Waals surface area contributed by atoms with E-state index >= 15 is 0 Å². The minimum atomic E-state index is -0.287. The molecule has 1 aromatic rings. The SMILES string of the molecule is O=C(NCc1ccc(F)cc1)N1CCC[C@@H]1CO. The largest absolute Gasteiger partial charge is 0.394 e. The van der Waals surface area contributed by atoms with E-state index in [2.05, 4.69) is 5.32 Å². The normalized spacial score (nSPS) is 19.0. The highest BCUT2D eigenvalue weighted by Gasteiger charge is 2.27. The van der Waals surface area contributed by atoms with Crippen LogP contribution in [0.1, 0.15) is 18.4 Å². The molecule has 0 aromatic heterocycles. The molecule has 1 aliphatic rings. The number of halogens is 1. The first kappa shape index (κ1) is 12.8. The van der Waals surface area contributed by atoms with Crippen molar-refractivity contribution in [3.8, 4) is 0 Å². The number of urea groups is 1. The van der Waals surface area contributed by atoms with Crippen molar-refractivity contribution in [3.05, 3.63) is 35.6 Å². The molecule has 1 fully saturated rings. The first-order valence-corrected chi connectivity index (χ1v) is 6.10. The van der Waals surface area contributed by atoms with E-state index in [1.165, 1.54) is 12.1 Å². The Morgan fingerprint density at radius 3 is 2.83 bits per heavy atom. The van der Waals surface area contributed by atoms with Crippen molar-refractivity contribution in [1.29, 1.82) is 0 Å². The number of hydrogen-bond donors (Lipinski definition) is 2. The number of nitrogens with zero attached hydrogens (tertiary/aromatic N) is 1. The second-order valence-corrected chi connectivity index (χ2v) is 4.46. The fourth-order valence-electron chi connectivity index (χ4n) is 2.17. The zero-order valence-corrected chi connectivity index (χ0v) is 10.1. The van der Waals surface area contributed by atoms with Crippen molar-refractivity contribution in [2.75, 3.05) is 13.2 Å². The van der Waals surface area contributed by atoms with Crippen molar-refractivity contribution in [2.45, 2.75) is 25.4 Å². The molecule has 0 saturated carbocycles. The van der Waals surface area contributed by atoms with Crippen molar-refractivity contribution < 1.29 is 14.3 Å². The van der Waals surface area contributed by atoms with Crippen molar-refractivity contribution >= 4 is 6.03 Å². The van der Waals surface area contributed by atoms with E-state index in [4.69, 9.17) is 5.11 Å². The number of hydrogen-bond acceptors (Lipinski definition) is 2. The first-order chi connectivity index (χ1) is 8.70. The van der Waals surface area contributed by atoms with Crippen molar-refractivity contribution in [1.82, 2.24) is 10.2 Å². The third kappa shape index (κ3) is 2.98. The van der Waals surface area contributed by atoms with Crippen LogP contribution in [0.5, 0.6) is 0 Å². The standard InChI is InChI=1S/C13H17FN2O2/c14-11-5-3-10(4-6-11)8-15-13(18)16-7-1-2-12(16)9-17/h3-6,12,17H,1-2,7-9H2,(H,15,18)/t12-/m1/s1. The highest BCUT2D eigenvalue weighted by atomic mass is 19.1. The van der Waals surface area contributed by atoms with Gasteiger partial charge in [0.1, 0.15) is 5.82 Å². The smallest absolute Gasteiger partial charge is 0.317 e. The summed E-state index contributed by atoms with van der Waals surface area (Å²) in [5.41, 5.74) is 0.851. The van der Waals surface area contributed by atoms with Gasteiger partial charge in [0.05, 0.1) is 12.6 Å². The molecule has 0 radical (unpaired) electrons. The summed E-state index contributed by atoms with van der Waals surface area (Å²) >= 11 is 0. The molecular weight excluding hydrogens is 235 g/mol. The van der Waals surface area contributed by atoms with Gasteiger partial charge in [-0.25, -0.2) is 9.18 Å². The number of benzene rings is 1. The van der Waals surface area contributed by atoms with Gasteiger partial charge in [-0.3, -0.25) is 0 Å². The van der Waals surface area contributed by atoms with Gasteiger partial charge < -0.3 is 15.3 Å². The van der Waals surface area contributed by atoms with E-state index in [1.54, 1.807) is 17.0 Å². The second-order valence-electron chi connectivity index (χ2n) is 4.46. The lowest BCUT2D eigenvalue weighted by molar-refractivity contribution is 0.157. The van der Waals surface area contributed by atoms with Gasteiger partial charge in [0.15, 0.2) is 0 Å². The van der Waals surface area contributed by atoms with Crippen LogP contribution in [0.3, 0.4) is 0 Å². The molecule has 4 nitrogen and oxygen atoms in total. The molecule has 1 heterocycles. The Morgan fingerprint density at radius 1 is 1.44 bits per heavy atom. The molecule has 1 aromatic carbocycles. The van der Waals surface area contributed by atoms with Gasteiger partial charge in [0.2, 0.25) is 0 Å². The maximum absolute atomic E-state index is 12.7. The summed E-state index contributed by atoms with van der Waals surface area (Å²) in [6, 6.07) is 5.78. The average Bonchev–Trinajstić information content (AvgIpc) is 2.86. The molecule has 2 amide bonds. The van der Waals surface area contributed by atoms with E-state index in [-0.39, 0.29) is 24.5 Å². The van der Waals surface area contributed by atoms with Crippen LogP contribution in [0.2, 0.25) is 0 Å². The Kier molecular flexibility index (Phi) is 4.15. The fourth-order valence-corrected chi connectivity index (χ4v) is 2.17. The molecule has 0 spiro atoms. The van der Waals surface area contributed by atoms with Crippen LogP contribution < -0.4 is 5.32 Å². The molecule has 1 saturated heterocycles. The van der Waals surface area contributed by atoms with Crippen LogP contribution in [0, 0.1) is 5.82 Å². The molecule has 1 atom stereocenters. The molecule has 2 N–H and O–H groups in total. The van der Waals surface area contributed by atoms with E-state index < -0.39 is 0 Å². The van der Waals surface area contributed by atoms with Gasteiger partial charge in [-0.1, -0.05) is 12.1 Å². The van der Waals surface area contributed by atoms with Gasteiger partial charge in [0, 0.05) is 13.1 Å². The van der Waals surface area contributed by atoms with Gasteiger partial charge in [-0.2, -0.15) is 0 Å². The summed E-state index contributed by atoms with van der Waals surface area (Å²) in [7, 11) is 0. The van der Waals surface area contributed by atoms with Gasteiger partial charge >= 0.3 is 6.03 Å². The predicted molar refractivity (Wildman–Crippen MR) is 65.4 cm³/mol. The molecule has 5 heteroatoms. The summed E-state index contributed by atoms with van der Waals surface area (Å²) in [5.74, 6) is -0.287. The Balaban J connectivity index is 1.86. The minimum Gasteiger partial charge on any atom is -0.394 e. The van der Waals surface area contributed by atoms with Gasteiger partial charge in [0.25, 0.3) is 0 Å². The molecular formula is C13H17FN2O2. The highest BCUT2D eigenvalue weighted by molar-refractivity contribution is 5.74. The number of carbonyl (C=O) groups is 1. The van der Waals surface area contributed by atoms with E-state index in [9.17, 15) is 9.18 Å². The topological polar surface area (TPSA) is 52.6 Å². The highest BCUT2D eigenvalue weighted by Crippen LogP contribution is 2.16. The summed E-state index contributed by atoms with van der Waals surface area (Å²) < 4.78 is 12.7. The summed E-state index contributed by atoms with van der Waals surface area (Å²) in [6.45, 7) is 1.05. The van der Waals surface area contributed by atoms with E-state index in [0.717, 1.165) is 18.4 Å². The number of likely N-dealkylation sites (tertiary alicyclic amines) is 1. The van der Waals surface area contributed by atoms with Gasteiger partial charge in [-0.05, 0) is 30.5 Å². The number of amides is 2. The molecule has 18 heavy (non-hydrogen) atoms. The van der Waals surface area contributed by atoms with Gasteiger partial charge in [-0.15, -0.1) is 0 Å². The summed E-state index contributed by atoms with van der Waals surface area (Å²) in [4.78, 5) is 13.5. The average molecular weight is 252 g/mol. The lowest BCUT2D eigenvalue weighted by atomic mass is 10.2. The Hall–Kier alpha value is -1.62. The molecule has 0 bridgehead atoms. The van der Waals surface area contributed by atoms with Crippen LogP contribution in [-0.4, -0.2) is 35.2 Å². The van der Waals surface area contributed by atoms with Crippen LogP contribution in [0.4, 0.5) is 9.18 Å². The molecule has 0 unspecified atom stereocenters. The zero-order chi connectivity index (χ0) is 13.0. The Bertz CT molecular complexity index is 408. The monoisotopic (exact) mass is 252 g/mol. The molecule has 1 aliphatic heterocycles. The molecule has 98 valence electrons. The third-order valence-corrected chi connectivity index (χ3v) is 3.21. The zero-order valence-electron chi connectivity index (χ0n) is 10.1. The predicted octanol–water partition coefficient (Wildman–Crippen LogP) is 1.49. The minimum absolute atomic E-state index is 0.00394. The maximum atomic E-state index is 12.7. The maximum Gasteiger partial charge on any atom is 0.317 e. The second kappa shape index (κ2) is 5.82. The summed E-state index contributed by atoms with van der Waals surface area (Å²) in [6.07, 6.45) is 1.77. The Morgan fingerprint density at radius 2 is 2.17 bits per heavy atom. The third-order valence-electron chi connectivity index (χ3n) is 3.21. The molecule has 2 rings (SSSR count). The van der Waals surface area contributed by atoms with E-state index in [0.29, 0.717) is 13.1 Å². The lowest BCUT2D eigenvalue weighted by Crippen LogP contribution is -2.43. The van der Waals surface area contributed by atoms with Crippen molar-refractivity contribution in [3.63, 3.8) is 0 Å². The van der Waals surface area contributed by atoms with Crippen molar-refractivity contribution in [2.24, 2.45) is 0 Å². The quantitative estimate of drug-likeness (QED) is 0.856. The van der Waals surface area contributed by atoms with Crippen LogP contribution in [0.15, 0.2) is 24.3 Å². The van der Waals surface area contributed by atoms with Crippen LogP contribution in [-0.2, 0) is 6.54 Å². The Labute approximate surface area is 105 Å². The first-order valence-electron chi connectivity index (χ1n) is 6.10. The van der Waals surface area contributed by atoms with Crippen LogP contribution in [0.25, 0.3) is 0 Å². The lowest BCUT2D eigenvalue weighted by Gasteiger charge is -2.23. The van der Waals surface area contributed by atoms with E-state index in [1.807, 2.05) is 0 Å². The number of carbonyl (C=O) groups excluding carboxylic acids is 1.